The number of aryl methyl sites for hydroxylation is 2. The molecule has 308 valence electrons. The Bertz CT molecular complexity index is 2850. The van der Waals surface area contributed by atoms with Crippen LogP contribution in [0.4, 0.5) is 32.2 Å². The third-order valence-corrected chi connectivity index (χ3v) is 11.1. The number of rotatable bonds is 12. The second kappa shape index (κ2) is 14.5. The number of carbonyl (C=O) groups is 1. The molecule has 2 aliphatic carbocycles. The van der Waals surface area contributed by atoms with E-state index in [1.165, 1.54) is 36.3 Å². The lowest BCUT2D eigenvalue weighted by molar-refractivity contribution is -0.123. The average molecular weight is 861 g/mol. The third-order valence-electron chi connectivity index (χ3n) is 10.2. The van der Waals surface area contributed by atoms with Crippen molar-refractivity contribution in [3.63, 3.8) is 0 Å². The minimum atomic E-state index is -3.90. The van der Waals surface area contributed by atoms with Crippen molar-refractivity contribution in [2.24, 2.45) is 13.0 Å². The van der Waals surface area contributed by atoms with Crippen LogP contribution in [0.1, 0.15) is 65.6 Å². The fourth-order valence-corrected chi connectivity index (χ4v) is 8.41. The van der Waals surface area contributed by atoms with Crippen molar-refractivity contribution in [2.45, 2.75) is 57.0 Å². The monoisotopic (exact) mass is 860 g/mol. The fraction of sp³-hybridized carbons (Fsp3) is 0.324. The lowest BCUT2D eigenvalue weighted by Gasteiger charge is -2.24. The van der Waals surface area contributed by atoms with Crippen LogP contribution in [0.2, 0.25) is 5.02 Å². The maximum atomic E-state index is 15.4. The molecular formula is C37H31ClF6N10O4S. The standard InChI is InChI=1S/C37H31ClF6N10O4S/c1-4-16-13-45-34(46-14-16)23-12-27(56)54(25-6-5-22(38)29-31(25)52(2)50-35(29)51-59(3,57)58)36(48-23)24(9-17-7-18(39)10-19(40)8-17)47-26(55)15-53-32-28(30(49-53)33(41)42)20-11-21(20)37(32,43)44/h5-8,10,12-14,20-21,24,33H,4,9,11,15H2,1-3H3,(H,47,55)(H,50,51)/t20-,21+,24-/m0/s1. The van der Waals surface area contributed by atoms with Gasteiger partial charge in [0.15, 0.2) is 11.6 Å². The summed E-state index contributed by atoms with van der Waals surface area (Å²) in [5.74, 6) is -9.13. The van der Waals surface area contributed by atoms with Crippen LogP contribution in [0.3, 0.4) is 0 Å². The van der Waals surface area contributed by atoms with Crippen LogP contribution >= 0.6 is 11.6 Å². The molecule has 2 aliphatic rings. The average Bonchev–Trinajstić information content (AvgIpc) is 3.69. The first kappa shape index (κ1) is 40.0. The Hall–Kier alpha value is -5.83. The van der Waals surface area contributed by atoms with Crippen molar-refractivity contribution in [3.05, 3.63) is 110 Å². The first-order chi connectivity index (χ1) is 27.8. The molecule has 22 heteroatoms. The quantitative estimate of drug-likeness (QED) is 0.143. The van der Waals surface area contributed by atoms with E-state index in [0.717, 1.165) is 34.6 Å². The molecule has 4 heterocycles. The van der Waals surface area contributed by atoms with Gasteiger partial charge in [0.05, 0.1) is 33.9 Å². The van der Waals surface area contributed by atoms with E-state index in [2.05, 4.69) is 30.2 Å². The Kier molecular flexibility index (Phi) is 9.80. The first-order valence-corrected chi connectivity index (χ1v) is 20.2. The number of nitrogens with zero attached hydrogens (tertiary/aromatic N) is 8. The van der Waals surface area contributed by atoms with E-state index in [1.807, 2.05) is 6.92 Å². The van der Waals surface area contributed by atoms with Gasteiger partial charge in [-0.15, -0.1) is 0 Å². The summed E-state index contributed by atoms with van der Waals surface area (Å²) in [6.45, 7) is 0.882. The highest BCUT2D eigenvalue weighted by atomic mass is 35.5. The van der Waals surface area contributed by atoms with Crippen molar-refractivity contribution in [3.8, 4) is 17.2 Å². The summed E-state index contributed by atoms with van der Waals surface area (Å²) in [7, 11) is -2.46. The summed E-state index contributed by atoms with van der Waals surface area (Å²) in [5, 5.41) is 10.7. The lowest BCUT2D eigenvalue weighted by Crippen LogP contribution is -2.38. The van der Waals surface area contributed by atoms with E-state index in [1.54, 1.807) is 0 Å². The number of hydrogen-bond acceptors (Lipinski definition) is 9. The molecule has 3 atom stereocenters. The maximum absolute atomic E-state index is 15.4. The highest BCUT2D eigenvalue weighted by Crippen LogP contribution is 2.68. The molecular weight excluding hydrogens is 830 g/mol. The summed E-state index contributed by atoms with van der Waals surface area (Å²) >= 11 is 6.57. The van der Waals surface area contributed by atoms with Gasteiger partial charge in [0.1, 0.15) is 41.1 Å². The SMILES string of the molecule is CCc1cnc(-c2cc(=O)n(-c3ccc(Cl)c4c(NS(C)(=O)=O)nn(C)c34)c([C@H](Cc3cc(F)cc(F)c3)NC(=O)Cn3nc(C(F)F)c4c3C(F)(F)[C@@H]3C[C@H]43)n2)nc1. The van der Waals surface area contributed by atoms with E-state index in [0.29, 0.717) is 17.2 Å². The zero-order valence-corrected chi connectivity index (χ0v) is 32.6. The van der Waals surface area contributed by atoms with Crippen LogP contribution in [-0.2, 0) is 47.2 Å². The number of nitrogens with one attached hydrogen (secondary N) is 2. The molecule has 1 saturated carbocycles. The van der Waals surface area contributed by atoms with Gasteiger partial charge in [-0.1, -0.05) is 18.5 Å². The predicted octanol–water partition coefficient (Wildman–Crippen LogP) is 5.88. The molecule has 14 nitrogen and oxygen atoms in total. The van der Waals surface area contributed by atoms with Crippen LogP contribution in [0.5, 0.6) is 0 Å². The van der Waals surface area contributed by atoms with Crippen LogP contribution in [-0.4, -0.2) is 59.7 Å². The number of fused-ring (bicyclic) bond motifs is 4. The minimum absolute atomic E-state index is 0.00254. The molecule has 0 bridgehead atoms. The van der Waals surface area contributed by atoms with Crippen LogP contribution in [0.25, 0.3) is 28.1 Å². The van der Waals surface area contributed by atoms with Gasteiger partial charge in [-0.25, -0.2) is 40.9 Å². The molecule has 0 unspecified atom stereocenters. The number of sulfonamides is 1. The molecule has 0 radical (unpaired) electrons. The van der Waals surface area contributed by atoms with E-state index in [-0.39, 0.29) is 62.3 Å². The maximum Gasteiger partial charge on any atom is 0.293 e. The highest BCUT2D eigenvalue weighted by Gasteiger charge is 2.67. The van der Waals surface area contributed by atoms with Crippen molar-refractivity contribution < 1.29 is 39.6 Å². The van der Waals surface area contributed by atoms with Gasteiger partial charge in [0, 0.05) is 49.5 Å². The Morgan fingerprint density at radius 1 is 1.05 bits per heavy atom. The molecule has 4 aromatic heterocycles. The molecule has 0 spiro atoms. The normalized spacial score (nSPS) is 17.3. The number of alkyl halides is 4. The second-order valence-corrected chi connectivity index (χ2v) is 16.5. The van der Waals surface area contributed by atoms with Gasteiger partial charge < -0.3 is 5.32 Å². The van der Waals surface area contributed by atoms with Gasteiger partial charge in [0.25, 0.3) is 17.9 Å². The van der Waals surface area contributed by atoms with Crippen LogP contribution < -0.4 is 15.6 Å². The zero-order valence-electron chi connectivity index (χ0n) is 31.0. The van der Waals surface area contributed by atoms with Crippen molar-refractivity contribution in [1.82, 2.24) is 44.4 Å². The van der Waals surface area contributed by atoms with Crippen molar-refractivity contribution in [2.75, 3.05) is 11.0 Å². The highest BCUT2D eigenvalue weighted by molar-refractivity contribution is 7.92. The Morgan fingerprint density at radius 2 is 1.75 bits per heavy atom. The van der Waals surface area contributed by atoms with E-state index in [9.17, 15) is 35.6 Å². The summed E-state index contributed by atoms with van der Waals surface area (Å²) in [4.78, 5) is 41.8. The molecule has 1 amide bonds. The topological polar surface area (TPSA) is 172 Å². The molecule has 6 aromatic rings. The molecule has 0 aliphatic heterocycles. The summed E-state index contributed by atoms with van der Waals surface area (Å²) in [5.41, 5.74) is -2.06. The smallest absolute Gasteiger partial charge is 0.293 e. The fourth-order valence-electron chi connectivity index (χ4n) is 7.67. The van der Waals surface area contributed by atoms with Crippen LogP contribution in [0.15, 0.2) is 53.6 Å². The second-order valence-electron chi connectivity index (χ2n) is 14.4. The molecule has 0 saturated heterocycles. The van der Waals surface area contributed by atoms with Gasteiger partial charge in [-0.2, -0.15) is 19.0 Å². The van der Waals surface area contributed by atoms with Gasteiger partial charge in [-0.05, 0) is 54.2 Å². The molecule has 2 N–H and O–H groups in total. The number of hydrogen-bond donors (Lipinski definition) is 2. The number of aromatic nitrogens is 8. The third kappa shape index (κ3) is 7.29. The Morgan fingerprint density at radius 3 is 2.39 bits per heavy atom. The number of amides is 1. The van der Waals surface area contributed by atoms with Gasteiger partial charge in [0.2, 0.25) is 15.9 Å². The number of benzene rings is 2. The van der Waals surface area contributed by atoms with Crippen molar-refractivity contribution >= 4 is 44.3 Å². The molecule has 59 heavy (non-hydrogen) atoms. The predicted molar refractivity (Wildman–Crippen MR) is 201 cm³/mol. The molecule has 2 aromatic carbocycles. The first-order valence-electron chi connectivity index (χ1n) is 17.9. The zero-order chi connectivity index (χ0) is 42.3. The Labute approximate surface area is 335 Å². The largest absolute Gasteiger partial charge is 0.344 e. The summed E-state index contributed by atoms with van der Waals surface area (Å²) < 4.78 is 118. The Balaban J connectivity index is 1.32. The summed E-state index contributed by atoms with van der Waals surface area (Å²) in [6, 6.07) is 4.84. The lowest BCUT2D eigenvalue weighted by atomic mass is 10.0. The molecule has 8 rings (SSSR count). The van der Waals surface area contributed by atoms with Gasteiger partial charge in [-0.3, -0.25) is 28.2 Å². The van der Waals surface area contributed by atoms with E-state index >= 15 is 8.78 Å². The van der Waals surface area contributed by atoms with Crippen molar-refractivity contribution in [1.29, 1.82) is 0 Å². The molecule has 1 fully saturated rings. The van der Waals surface area contributed by atoms with E-state index < -0.39 is 87.7 Å². The summed E-state index contributed by atoms with van der Waals surface area (Å²) in [6.07, 6.45) is 0.805. The number of carbonyl (C=O) groups excluding carboxylic acids is 1. The van der Waals surface area contributed by atoms with Gasteiger partial charge >= 0.3 is 0 Å². The number of halogens is 7. The van der Waals surface area contributed by atoms with Crippen LogP contribution in [0, 0.1) is 17.6 Å². The van der Waals surface area contributed by atoms with E-state index in [4.69, 9.17) is 16.6 Å². The minimum Gasteiger partial charge on any atom is -0.344 e. The number of anilines is 1.